The minimum Gasteiger partial charge on any atom is -0.481 e. The van der Waals surface area contributed by atoms with Crippen LogP contribution in [0.15, 0.2) is 6.07 Å². The van der Waals surface area contributed by atoms with E-state index >= 15 is 0 Å². The second kappa shape index (κ2) is 5.68. The van der Waals surface area contributed by atoms with Crippen LogP contribution in [0.25, 0.3) is 0 Å². The molecule has 0 spiro atoms. The van der Waals surface area contributed by atoms with Crippen molar-refractivity contribution >= 4 is 15.9 Å². The van der Waals surface area contributed by atoms with E-state index in [1.165, 1.54) is 7.11 Å². The molecule has 1 aromatic heterocycles. The first-order valence-corrected chi connectivity index (χ1v) is 5.58. The van der Waals surface area contributed by atoms with Gasteiger partial charge in [-0.05, 0) is 6.07 Å². The number of methoxy groups -OCH3 is 1. The van der Waals surface area contributed by atoms with Gasteiger partial charge in [-0.1, -0.05) is 15.9 Å². The smallest absolute Gasteiger partial charge is 0.481 e. The Bertz CT molecular complexity index is 424. The molecule has 0 unspecified atom stereocenters. The zero-order valence-electron chi connectivity index (χ0n) is 8.89. The van der Waals surface area contributed by atoms with E-state index < -0.39 is 24.2 Å². The summed E-state index contributed by atoms with van der Waals surface area (Å²) in [5, 5.41) is 0.0842. The van der Waals surface area contributed by atoms with Crippen LogP contribution in [0.3, 0.4) is 0 Å². The van der Waals surface area contributed by atoms with E-state index in [9.17, 15) is 22.0 Å². The lowest BCUT2D eigenvalue weighted by Gasteiger charge is -2.15. The fourth-order valence-electron chi connectivity index (χ4n) is 1.17. The van der Waals surface area contributed by atoms with Crippen molar-refractivity contribution in [2.75, 3.05) is 7.11 Å². The highest BCUT2D eigenvalue weighted by Gasteiger charge is 2.34. The van der Waals surface area contributed by atoms with E-state index in [2.05, 4.69) is 25.7 Å². The van der Waals surface area contributed by atoms with Crippen LogP contribution in [0.1, 0.15) is 17.7 Å². The van der Waals surface area contributed by atoms with Gasteiger partial charge in [-0.3, -0.25) is 0 Å². The number of hydrogen-bond acceptors (Lipinski definition) is 3. The van der Waals surface area contributed by atoms with Crippen LogP contribution in [0.2, 0.25) is 0 Å². The molecule has 0 aliphatic heterocycles. The molecule has 0 atom stereocenters. The SMILES string of the molecule is COc1nc(C(F)F)c(OC(F)(F)F)cc1CBr. The summed E-state index contributed by atoms with van der Waals surface area (Å²) in [6, 6.07) is 0.815. The first-order valence-electron chi connectivity index (χ1n) is 4.46. The minimum atomic E-state index is -5.07. The van der Waals surface area contributed by atoms with Gasteiger partial charge in [-0.2, -0.15) is 0 Å². The summed E-state index contributed by atoms with van der Waals surface area (Å²) >= 11 is 2.98. The average molecular weight is 336 g/mol. The Morgan fingerprint density at radius 3 is 2.39 bits per heavy atom. The van der Waals surface area contributed by atoms with Crippen molar-refractivity contribution in [2.45, 2.75) is 18.1 Å². The van der Waals surface area contributed by atoms with E-state index in [1.807, 2.05) is 0 Å². The Balaban J connectivity index is 3.29. The third-order valence-corrected chi connectivity index (χ3v) is 2.43. The molecule has 0 fully saturated rings. The summed E-state index contributed by atoms with van der Waals surface area (Å²) in [7, 11) is 1.17. The summed E-state index contributed by atoms with van der Waals surface area (Å²) in [6.07, 6.45) is -8.27. The molecule has 18 heavy (non-hydrogen) atoms. The molecular weight excluding hydrogens is 329 g/mol. The Morgan fingerprint density at radius 1 is 1.39 bits per heavy atom. The molecule has 0 aliphatic rings. The van der Waals surface area contributed by atoms with Gasteiger partial charge < -0.3 is 9.47 Å². The molecule has 0 radical (unpaired) electrons. The molecule has 0 N–H and O–H groups in total. The van der Waals surface area contributed by atoms with Gasteiger partial charge in [0, 0.05) is 10.9 Å². The zero-order valence-corrected chi connectivity index (χ0v) is 10.5. The van der Waals surface area contributed by atoms with Crippen LogP contribution in [-0.4, -0.2) is 18.5 Å². The molecular formula is C9H7BrF5NO2. The third kappa shape index (κ3) is 3.69. The van der Waals surface area contributed by atoms with E-state index in [4.69, 9.17) is 4.74 Å². The minimum absolute atomic E-state index is 0.0842. The number of pyridine rings is 1. The molecule has 3 nitrogen and oxygen atoms in total. The predicted octanol–water partition coefficient (Wildman–Crippen LogP) is 3.82. The summed E-state index contributed by atoms with van der Waals surface area (Å²) in [6.45, 7) is 0. The number of aromatic nitrogens is 1. The van der Waals surface area contributed by atoms with Crippen molar-refractivity contribution in [1.82, 2.24) is 4.98 Å². The molecule has 0 saturated carbocycles. The van der Waals surface area contributed by atoms with E-state index in [0.29, 0.717) is 0 Å². The topological polar surface area (TPSA) is 31.4 Å². The lowest BCUT2D eigenvalue weighted by molar-refractivity contribution is -0.275. The highest BCUT2D eigenvalue weighted by molar-refractivity contribution is 9.08. The van der Waals surface area contributed by atoms with Crippen LogP contribution in [-0.2, 0) is 5.33 Å². The van der Waals surface area contributed by atoms with Crippen molar-refractivity contribution in [3.05, 3.63) is 17.3 Å². The Kier molecular flexibility index (Phi) is 4.71. The van der Waals surface area contributed by atoms with Crippen LogP contribution in [0, 0.1) is 0 Å². The summed E-state index contributed by atoms with van der Waals surface area (Å²) in [5.41, 5.74) is -0.949. The number of nitrogens with zero attached hydrogens (tertiary/aromatic N) is 1. The first-order chi connectivity index (χ1) is 8.28. The summed E-state index contributed by atoms with van der Waals surface area (Å²) in [4.78, 5) is 3.32. The molecule has 1 heterocycles. The maximum absolute atomic E-state index is 12.6. The molecule has 9 heteroatoms. The van der Waals surface area contributed by atoms with Gasteiger partial charge in [-0.25, -0.2) is 13.8 Å². The fraction of sp³-hybridized carbons (Fsp3) is 0.444. The molecule has 0 amide bonds. The average Bonchev–Trinajstić information content (AvgIpc) is 2.25. The second-order valence-corrected chi connectivity index (χ2v) is 3.58. The molecule has 1 aromatic rings. The Labute approximate surface area is 107 Å². The number of hydrogen-bond donors (Lipinski definition) is 0. The lowest BCUT2D eigenvalue weighted by atomic mass is 10.2. The van der Waals surface area contributed by atoms with Gasteiger partial charge in [0.05, 0.1) is 7.11 Å². The van der Waals surface area contributed by atoms with Gasteiger partial charge in [-0.15, -0.1) is 13.2 Å². The highest BCUT2D eigenvalue weighted by Crippen LogP contribution is 2.35. The maximum atomic E-state index is 12.6. The monoisotopic (exact) mass is 335 g/mol. The Morgan fingerprint density at radius 2 is 2.00 bits per heavy atom. The molecule has 0 aromatic carbocycles. The van der Waals surface area contributed by atoms with Crippen molar-refractivity contribution in [2.24, 2.45) is 0 Å². The van der Waals surface area contributed by atoms with Gasteiger partial charge >= 0.3 is 6.36 Å². The van der Waals surface area contributed by atoms with Crippen molar-refractivity contribution in [1.29, 1.82) is 0 Å². The van der Waals surface area contributed by atoms with Crippen molar-refractivity contribution in [3.8, 4) is 11.6 Å². The van der Waals surface area contributed by atoms with Crippen molar-refractivity contribution < 1.29 is 31.4 Å². The first kappa shape index (κ1) is 14.9. The van der Waals surface area contributed by atoms with Gasteiger partial charge in [0.2, 0.25) is 5.88 Å². The van der Waals surface area contributed by atoms with Crippen LogP contribution in [0.4, 0.5) is 22.0 Å². The fourth-order valence-corrected chi connectivity index (χ4v) is 1.57. The second-order valence-electron chi connectivity index (χ2n) is 3.02. The number of rotatable bonds is 4. The van der Waals surface area contributed by atoms with Gasteiger partial charge in [0.1, 0.15) is 0 Å². The quantitative estimate of drug-likeness (QED) is 0.619. The standard InChI is InChI=1S/C9H7BrF5NO2/c1-17-8-4(3-10)2-5(18-9(13,14)15)6(16-8)7(11)12/h2,7H,3H2,1H3. The van der Waals surface area contributed by atoms with Gasteiger partial charge in [0.15, 0.2) is 11.4 Å². The predicted molar refractivity (Wildman–Crippen MR) is 55.1 cm³/mol. The Hall–Kier alpha value is -1.12. The molecule has 102 valence electrons. The number of ether oxygens (including phenoxy) is 2. The maximum Gasteiger partial charge on any atom is 0.573 e. The third-order valence-electron chi connectivity index (χ3n) is 1.82. The van der Waals surface area contributed by atoms with E-state index in [-0.39, 0.29) is 16.8 Å². The van der Waals surface area contributed by atoms with Crippen molar-refractivity contribution in [3.63, 3.8) is 0 Å². The molecule has 1 rings (SSSR count). The number of halogens is 6. The normalized spacial score (nSPS) is 11.8. The largest absolute Gasteiger partial charge is 0.573 e. The van der Waals surface area contributed by atoms with Crippen LogP contribution in [0.5, 0.6) is 11.6 Å². The molecule has 0 aliphatic carbocycles. The summed E-state index contributed by atoms with van der Waals surface area (Å²) < 4.78 is 69.6. The number of alkyl halides is 6. The zero-order chi connectivity index (χ0) is 13.9. The van der Waals surface area contributed by atoms with Crippen LogP contribution < -0.4 is 9.47 Å². The molecule has 0 saturated heterocycles. The van der Waals surface area contributed by atoms with Crippen LogP contribution >= 0.6 is 15.9 Å². The van der Waals surface area contributed by atoms with Gasteiger partial charge in [0.25, 0.3) is 6.43 Å². The van der Waals surface area contributed by atoms with E-state index in [0.717, 1.165) is 6.07 Å². The molecule has 0 bridgehead atoms. The lowest BCUT2D eigenvalue weighted by Crippen LogP contribution is -2.19. The summed E-state index contributed by atoms with van der Waals surface area (Å²) in [5.74, 6) is -1.22. The van der Waals surface area contributed by atoms with E-state index in [1.54, 1.807) is 0 Å². The highest BCUT2D eigenvalue weighted by atomic mass is 79.9.